The highest BCUT2D eigenvalue weighted by atomic mass is 16.6. The average Bonchev–Trinajstić information content (AvgIpc) is 3.41. The van der Waals surface area contributed by atoms with E-state index in [2.05, 4.69) is 136 Å². The summed E-state index contributed by atoms with van der Waals surface area (Å²) in [4.78, 5) is 38.3. The fraction of sp³-hybridized carbons (Fsp3) is 0.667. The third-order valence-electron chi connectivity index (χ3n) is 12.9. The molecule has 0 amide bonds. The molecule has 6 nitrogen and oxygen atoms in total. The van der Waals surface area contributed by atoms with Crippen molar-refractivity contribution >= 4 is 17.9 Å². The van der Waals surface area contributed by atoms with Crippen molar-refractivity contribution in [1.29, 1.82) is 0 Å². The molecule has 0 aliphatic heterocycles. The van der Waals surface area contributed by atoms with Crippen LogP contribution in [0.2, 0.25) is 0 Å². The second-order valence-electron chi connectivity index (χ2n) is 20.2. The molecule has 426 valence electrons. The molecule has 0 bridgehead atoms. The van der Waals surface area contributed by atoms with Gasteiger partial charge in [0, 0.05) is 19.3 Å². The summed E-state index contributed by atoms with van der Waals surface area (Å²) in [6.07, 6.45) is 86.3. The van der Waals surface area contributed by atoms with E-state index in [1.807, 2.05) is 6.08 Å². The predicted molar refractivity (Wildman–Crippen MR) is 325 cm³/mol. The van der Waals surface area contributed by atoms with Gasteiger partial charge in [0.25, 0.3) is 0 Å². The summed E-state index contributed by atoms with van der Waals surface area (Å²) in [5.41, 5.74) is 0. The molecule has 0 aliphatic rings. The molecule has 0 aromatic carbocycles. The van der Waals surface area contributed by atoms with E-state index in [1.54, 1.807) is 0 Å². The highest BCUT2D eigenvalue weighted by molar-refractivity contribution is 5.71. The van der Waals surface area contributed by atoms with E-state index in [0.717, 1.165) is 89.9 Å². The van der Waals surface area contributed by atoms with E-state index in [0.29, 0.717) is 19.3 Å². The normalized spacial score (nSPS) is 12.9. The van der Waals surface area contributed by atoms with Gasteiger partial charge in [-0.2, -0.15) is 0 Å². The largest absolute Gasteiger partial charge is 0.462 e. The zero-order chi connectivity index (χ0) is 54.3. The summed E-state index contributed by atoms with van der Waals surface area (Å²) in [7, 11) is 0. The molecule has 0 aromatic heterocycles. The Balaban J connectivity index is 4.56. The minimum Gasteiger partial charge on any atom is -0.462 e. The third-order valence-corrected chi connectivity index (χ3v) is 12.9. The zero-order valence-corrected chi connectivity index (χ0v) is 48.8. The van der Waals surface area contributed by atoms with Crippen LogP contribution in [0.1, 0.15) is 278 Å². The molecular formula is C69H114O6. The SMILES string of the molecule is CCCCC/C=C\C/C=C\C/C=C\C/C=C\C/C=C\CCC(=O)O[C@H](COC(=O)CCCCC/C=C\C/C=C\C/C=C\C/C=C\CCCCC)COC(=O)CCCCCCCCCCC/C=C\CCCCCCCC. The first kappa shape index (κ1) is 70.8. The molecule has 0 unspecified atom stereocenters. The van der Waals surface area contributed by atoms with E-state index in [-0.39, 0.29) is 31.6 Å². The molecule has 75 heavy (non-hydrogen) atoms. The molecule has 0 spiro atoms. The van der Waals surface area contributed by atoms with Crippen LogP contribution in [0.15, 0.2) is 122 Å². The summed E-state index contributed by atoms with van der Waals surface area (Å²) in [5.74, 6) is -1.04. The van der Waals surface area contributed by atoms with Gasteiger partial charge in [-0.15, -0.1) is 0 Å². The summed E-state index contributed by atoms with van der Waals surface area (Å²) >= 11 is 0. The second-order valence-corrected chi connectivity index (χ2v) is 20.2. The van der Waals surface area contributed by atoms with Crippen LogP contribution in [0.3, 0.4) is 0 Å². The fourth-order valence-electron chi connectivity index (χ4n) is 8.23. The number of ether oxygens (including phenoxy) is 3. The van der Waals surface area contributed by atoms with Gasteiger partial charge in [-0.3, -0.25) is 14.4 Å². The van der Waals surface area contributed by atoms with Gasteiger partial charge in [-0.25, -0.2) is 0 Å². The molecule has 0 aliphatic carbocycles. The Bertz CT molecular complexity index is 1570. The molecule has 0 aromatic rings. The first-order valence-electron chi connectivity index (χ1n) is 31.0. The molecular weight excluding hydrogens is 925 g/mol. The maximum absolute atomic E-state index is 12.9. The highest BCUT2D eigenvalue weighted by Gasteiger charge is 2.19. The quantitative estimate of drug-likeness (QED) is 0.0261. The molecule has 6 heteroatoms. The van der Waals surface area contributed by atoms with Gasteiger partial charge >= 0.3 is 17.9 Å². The monoisotopic (exact) mass is 1040 g/mol. The van der Waals surface area contributed by atoms with Crippen molar-refractivity contribution in [3.63, 3.8) is 0 Å². The van der Waals surface area contributed by atoms with Crippen molar-refractivity contribution in [1.82, 2.24) is 0 Å². The van der Waals surface area contributed by atoms with E-state index < -0.39 is 12.1 Å². The Morgan fingerprint density at radius 3 is 0.853 bits per heavy atom. The van der Waals surface area contributed by atoms with Crippen molar-refractivity contribution < 1.29 is 28.6 Å². The van der Waals surface area contributed by atoms with Crippen LogP contribution in [0.5, 0.6) is 0 Å². The van der Waals surface area contributed by atoms with Crippen molar-refractivity contribution in [3.8, 4) is 0 Å². The van der Waals surface area contributed by atoms with E-state index >= 15 is 0 Å². The standard InChI is InChI=1S/C69H114O6/c1-4-7-10-13-16-19-22-25-28-31-34-37-40-43-46-49-52-55-58-61-67(70)73-64-66(75-69(72)63-60-57-54-51-48-45-42-39-36-33-30-27-24-21-18-15-12-9-6-3)65-74-68(71)62-59-56-53-50-47-44-41-38-35-32-29-26-23-20-17-14-11-8-5-2/h16,18-19,21,25-30,34,36-37,39,43,45-46,48,54,57,66H,4-15,17,20,22-24,31-33,35,38,40-42,44,47,49-53,55-56,58-65H2,1-3H3/b19-16-,21-18-,28-25-,29-26-,30-27-,37-34-,39-36-,46-43-,48-45-,57-54-/t66-/m1/s1. The van der Waals surface area contributed by atoms with Crippen LogP contribution in [0.25, 0.3) is 0 Å². The Kier molecular flexibility index (Phi) is 58.9. The van der Waals surface area contributed by atoms with Crippen molar-refractivity contribution in [3.05, 3.63) is 122 Å². The van der Waals surface area contributed by atoms with Crippen LogP contribution in [0.4, 0.5) is 0 Å². The Hall–Kier alpha value is -4.19. The zero-order valence-electron chi connectivity index (χ0n) is 48.8. The number of hydrogen-bond acceptors (Lipinski definition) is 6. The first-order chi connectivity index (χ1) is 37.0. The number of hydrogen-bond donors (Lipinski definition) is 0. The minimum atomic E-state index is -0.836. The van der Waals surface area contributed by atoms with E-state index in [1.165, 1.54) is 141 Å². The van der Waals surface area contributed by atoms with E-state index in [9.17, 15) is 14.4 Å². The lowest BCUT2D eigenvalue weighted by molar-refractivity contribution is -0.166. The molecule has 1 atom stereocenters. The van der Waals surface area contributed by atoms with Gasteiger partial charge in [0.05, 0.1) is 0 Å². The molecule has 0 heterocycles. The Morgan fingerprint density at radius 1 is 0.267 bits per heavy atom. The molecule has 0 saturated heterocycles. The van der Waals surface area contributed by atoms with Crippen molar-refractivity contribution in [2.45, 2.75) is 284 Å². The third kappa shape index (κ3) is 60.6. The number of carbonyl (C=O) groups excluding carboxylic acids is 3. The Labute approximate surface area is 462 Å². The van der Waals surface area contributed by atoms with Gasteiger partial charge in [-0.05, 0) is 128 Å². The summed E-state index contributed by atoms with van der Waals surface area (Å²) in [6.45, 7) is 6.50. The summed E-state index contributed by atoms with van der Waals surface area (Å²) in [5, 5.41) is 0. The van der Waals surface area contributed by atoms with Gasteiger partial charge in [0.15, 0.2) is 6.10 Å². The lowest BCUT2D eigenvalue weighted by Crippen LogP contribution is -2.30. The predicted octanol–water partition coefficient (Wildman–Crippen LogP) is 21.2. The number of unbranched alkanes of at least 4 members (excludes halogenated alkanes) is 24. The molecule has 0 fully saturated rings. The number of carbonyl (C=O) groups is 3. The maximum Gasteiger partial charge on any atom is 0.306 e. The molecule has 0 radical (unpaired) electrons. The first-order valence-corrected chi connectivity index (χ1v) is 31.0. The van der Waals surface area contributed by atoms with Gasteiger partial charge in [0.2, 0.25) is 0 Å². The van der Waals surface area contributed by atoms with Crippen molar-refractivity contribution in [2.75, 3.05) is 13.2 Å². The van der Waals surface area contributed by atoms with Crippen LogP contribution < -0.4 is 0 Å². The summed E-state index contributed by atoms with van der Waals surface area (Å²) < 4.78 is 16.8. The van der Waals surface area contributed by atoms with Gasteiger partial charge in [0.1, 0.15) is 13.2 Å². The van der Waals surface area contributed by atoms with Gasteiger partial charge in [-0.1, -0.05) is 251 Å². The van der Waals surface area contributed by atoms with Crippen LogP contribution in [-0.4, -0.2) is 37.2 Å². The lowest BCUT2D eigenvalue weighted by atomic mass is 10.1. The lowest BCUT2D eigenvalue weighted by Gasteiger charge is -2.18. The smallest absolute Gasteiger partial charge is 0.306 e. The second kappa shape index (κ2) is 62.4. The maximum atomic E-state index is 12.9. The minimum absolute atomic E-state index is 0.121. The van der Waals surface area contributed by atoms with Crippen molar-refractivity contribution in [2.24, 2.45) is 0 Å². The molecule has 0 saturated carbocycles. The number of esters is 3. The Morgan fingerprint density at radius 2 is 0.507 bits per heavy atom. The van der Waals surface area contributed by atoms with E-state index in [4.69, 9.17) is 14.2 Å². The number of allylic oxidation sites excluding steroid dienone is 20. The van der Waals surface area contributed by atoms with Crippen LogP contribution >= 0.6 is 0 Å². The number of rotatable bonds is 55. The topological polar surface area (TPSA) is 78.9 Å². The van der Waals surface area contributed by atoms with Gasteiger partial charge < -0.3 is 14.2 Å². The molecule has 0 rings (SSSR count). The van der Waals surface area contributed by atoms with Crippen LogP contribution in [-0.2, 0) is 28.6 Å². The fourth-order valence-corrected chi connectivity index (χ4v) is 8.23. The average molecular weight is 1040 g/mol. The highest BCUT2D eigenvalue weighted by Crippen LogP contribution is 2.14. The summed E-state index contributed by atoms with van der Waals surface area (Å²) in [6, 6.07) is 0. The molecule has 0 N–H and O–H groups in total. The van der Waals surface area contributed by atoms with Crippen LogP contribution in [0, 0.1) is 0 Å².